The van der Waals surface area contributed by atoms with E-state index in [1.165, 1.54) is 16.7 Å². The summed E-state index contributed by atoms with van der Waals surface area (Å²) in [4.78, 5) is 12.1. The lowest BCUT2D eigenvalue weighted by Crippen LogP contribution is -2.35. The highest BCUT2D eigenvalue weighted by Gasteiger charge is 2.26. The average Bonchev–Trinajstić information content (AvgIpc) is 2.43. The van der Waals surface area contributed by atoms with Crippen molar-refractivity contribution in [1.29, 1.82) is 0 Å². The maximum absolute atomic E-state index is 12.1. The Morgan fingerprint density at radius 1 is 1.00 bits per heavy atom. The second kappa shape index (κ2) is 4.65. The SMILES string of the molecule is O=C1NCc2ccccc2C1Cc1ccccc1. The van der Waals surface area contributed by atoms with Crippen LogP contribution < -0.4 is 5.32 Å². The van der Waals surface area contributed by atoms with Gasteiger partial charge in [0.15, 0.2) is 0 Å². The minimum Gasteiger partial charge on any atom is -0.351 e. The molecule has 1 unspecified atom stereocenters. The van der Waals surface area contributed by atoms with Gasteiger partial charge in [-0.05, 0) is 23.1 Å². The Labute approximate surface area is 107 Å². The average molecular weight is 237 g/mol. The molecule has 1 amide bonds. The molecule has 0 saturated carbocycles. The van der Waals surface area contributed by atoms with Crippen molar-refractivity contribution in [1.82, 2.24) is 5.32 Å². The van der Waals surface area contributed by atoms with Crippen molar-refractivity contribution in [3.63, 3.8) is 0 Å². The molecule has 0 aliphatic carbocycles. The van der Waals surface area contributed by atoms with Crippen LogP contribution in [-0.2, 0) is 17.8 Å². The molecule has 1 N–H and O–H groups in total. The molecule has 2 nitrogen and oxygen atoms in total. The van der Waals surface area contributed by atoms with Gasteiger partial charge in [-0.3, -0.25) is 4.79 Å². The zero-order valence-electron chi connectivity index (χ0n) is 10.1. The highest BCUT2D eigenvalue weighted by molar-refractivity contribution is 5.86. The van der Waals surface area contributed by atoms with Crippen LogP contribution >= 0.6 is 0 Å². The molecule has 0 spiro atoms. The van der Waals surface area contributed by atoms with Crippen molar-refractivity contribution in [3.05, 3.63) is 71.3 Å². The summed E-state index contributed by atoms with van der Waals surface area (Å²) in [5.41, 5.74) is 3.61. The van der Waals surface area contributed by atoms with Gasteiger partial charge in [0, 0.05) is 6.54 Å². The summed E-state index contributed by atoms with van der Waals surface area (Å²) in [5, 5.41) is 2.97. The Bertz CT molecular complexity index is 562. The molecular formula is C16H15NO. The van der Waals surface area contributed by atoms with Crippen LogP contribution in [0.2, 0.25) is 0 Å². The lowest BCUT2D eigenvalue weighted by Gasteiger charge is -2.25. The van der Waals surface area contributed by atoms with Gasteiger partial charge in [-0.25, -0.2) is 0 Å². The number of fused-ring (bicyclic) bond motifs is 1. The topological polar surface area (TPSA) is 29.1 Å². The summed E-state index contributed by atoms with van der Waals surface area (Å²) in [7, 11) is 0. The molecular weight excluding hydrogens is 222 g/mol. The first kappa shape index (κ1) is 11.0. The Morgan fingerprint density at radius 2 is 1.72 bits per heavy atom. The molecule has 2 heteroatoms. The molecule has 1 aliphatic heterocycles. The van der Waals surface area contributed by atoms with E-state index in [9.17, 15) is 4.79 Å². The summed E-state index contributed by atoms with van der Waals surface area (Å²) in [5.74, 6) is 0.0786. The van der Waals surface area contributed by atoms with E-state index in [2.05, 4.69) is 29.6 Å². The summed E-state index contributed by atoms with van der Waals surface area (Å²) in [6.45, 7) is 0.653. The number of carbonyl (C=O) groups is 1. The van der Waals surface area contributed by atoms with E-state index >= 15 is 0 Å². The number of benzene rings is 2. The number of nitrogens with one attached hydrogen (secondary N) is 1. The summed E-state index contributed by atoms with van der Waals surface area (Å²) >= 11 is 0. The summed E-state index contributed by atoms with van der Waals surface area (Å²) in [6.07, 6.45) is 0.768. The fraction of sp³-hybridized carbons (Fsp3) is 0.188. The van der Waals surface area contributed by atoms with Gasteiger partial charge in [0.2, 0.25) is 5.91 Å². The van der Waals surface area contributed by atoms with E-state index in [4.69, 9.17) is 0 Å². The Hall–Kier alpha value is -2.09. The number of rotatable bonds is 2. The van der Waals surface area contributed by atoms with E-state index in [-0.39, 0.29) is 11.8 Å². The monoisotopic (exact) mass is 237 g/mol. The number of hydrogen-bond donors (Lipinski definition) is 1. The van der Waals surface area contributed by atoms with Crippen molar-refractivity contribution in [2.45, 2.75) is 18.9 Å². The molecule has 1 atom stereocenters. The molecule has 1 aliphatic rings. The van der Waals surface area contributed by atoms with Crippen molar-refractivity contribution >= 4 is 5.91 Å². The maximum atomic E-state index is 12.1. The largest absolute Gasteiger partial charge is 0.351 e. The van der Waals surface area contributed by atoms with Gasteiger partial charge >= 0.3 is 0 Å². The van der Waals surface area contributed by atoms with Crippen LogP contribution in [0.1, 0.15) is 22.6 Å². The van der Waals surface area contributed by atoms with Crippen LogP contribution in [0.5, 0.6) is 0 Å². The zero-order chi connectivity index (χ0) is 12.4. The van der Waals surface area contributed by atoms with Crippen molar-refractivity contribution < 1.29 is 4.79 Å². The molecule has 18 heavy (non-hydrogen) atoms. The normalized spacial score (nSPS) is 18.0. The molecule has 1 heterocycles. The third kappa shape index (κ3) is 2.02. The molecule has 0 radical (unpaired) electrons. The second-order valence-electron chi connectivity index (χ2n) is 4.66. The van der Waals surface area contributed by atoms with Crippen LogP contribution in [0, 0.1) is 0 Å². The first-order valence-corrected chi connectivity index (χ1v) is 6.24. The predicted molar refractivity (Wildman–Crippen MR) is 71.2 cm³/mol. The van der Waals surface area contributed by atoms with E-state index in [0.29, 0.717) is 6.54 Å². The minimum atomic E-state index is -0.0580. The van der Waals surface area contributed by atoms with Crippen molar-refractivity contribution in [2.24, 2.45) is 0 Å². The van der Waals surface area contributed by atoms with Gasteiger partial charge in [-0.2, -0.15) is 0 Å². The third-order valence-corrected chi connectivity index (χ3v) is 3.48. The lowest BCUT2D eigenvalue weighted by molar-refractivity contribution is -0.123. The first-order chi connectivity index (χ1) is 8.84. The lowest BCUT2D eigenvalue weighted by atomic mass is 9.86. The fourth-order valence-corrected chi connectivity index (χ4v) is 2.53. The predicted octanol–water partition coefficient (Wildman–Crippen LogP) is 2.64. The molecule has 0 bridgehead atoms. The van der Waals surface area contributed by atoms with Crippen molar-refractivity contribution in [3.8, 4) is 0 Å². The van der Waals surface area contributed by atoms with Crippen LogP contribution in [0.4, 0.5) is 0 Å². The molecule has 0 aromatic heterocycles. The second-order valence-corrected chi connectivity index (χ2v) is 4.66. The smallest absolute Gasteiger partial charge is 0.228 e. The van der Waals surface area contributed by atoms with E-state index in [0.717, 1.165) is 6.42 Å². The van der Waals surface area contributed by atoms with Gasteiger partial charge in [0.1, 0.15) is 0 Å². The molecule has 2 aromatic rings. The Kier molecular flexibility index (Phi) is 2.85. The molecule has 3 rings (SSSR count). The Morgan fingerprint density at radius 3 is 2.56 bits per heavy atom. The molecule has 0 saturated heterocycles. The van der Waals surface area contributed by atoms with Gasteiger partial charge in [0.25, 0.3) is 0 Å². The van der Waals surface area contributed by atoms with E-state index in [1.807, 2.05) is 30.3 Å². The molecule has 90 valence electrons. The molecule has 0 fully saturated rings. The standard InChI is InChI=1S/C16H15NO/c18-16-15(10-12-6-2-1-3-7-12)14-9-5-4-8-13(14)11-17-16/h1-9,15H,10-11H2,(H,17,18). The number of carbonyl (C=O) groups excluding carboxylic acids is 1. The van der Waals surface area contributed by atoms with Crippen molar-refractivity contribution in [2.75, 3.05) is 0 Å². The number of amides is 1. The van der Waals surface area contributed by atoms with E-state index < -0.39 is 0 Å². The van der Waals surface area contributed by atoms with Crippen LogP contribution in [-0.4, -0.2) is 5.91 Å². The highest BCUT2D eigenvalue weighted by Crippen LogP contribution is 2.27. The summed E-state index contributed by atoms with van der Waals surface area (Å²) in [6, 6.07) is 18.4. The minimum absolute atomic E-state index is 0.0580. The summed E-state index contributed by atoms with van der Waals surface area (Å²) < 4.78 is 0. The van der Waals surface area contributed by atoms with Gasteiger partial charge in [-0.15, -0.1) is 0 Å². The zero-order valence-corrected chi connectivity index (χ0v) is 10.1. The van der Waals surface area contributed by atoms with E-state index in [1.54, 1.807) is 0 Å². The quantitative estimate of drug-likeness (QED) is 0.854. The molecule has 2 aromatic carbocycles. The van der Waals surface area contributed by atoms with Crippen LogP contribution in [0.3, 0.4) is 0 Å². The fourth-order valence-electron chi connectivity index (χ4n) is 2.53. The van der Waals surface area contributed by atoms with Gasteiger partial charge < -0.3 is 5.32 Å². The van der Waals surface area contributed by atoms with Crippen LogP contribution in [0.15, 0.2) is 54.6 Å². The third-order valence-electron chi connectivity index (χ3n) is 3.48. The Balaban J connectivity index is 1.94. The number of hydrogen-bond acceptors (Lipinski definition) is 1. The first-order valence-electron chi connectivity index (χ1n) is 6.24. The van der Waals surface area contributed by atoms with Gasteiger partial charge in [-0.1, -0.05) is 54.6 Å². The highest BCUT2D eigenvalue weighted by atomic mass is 16.1. The van der Waals surface area contributed by atoms with Gasteiger partial charge in [0.05, 0.1) is 5.92 Å². The van der Waals surface area contributed by atoms with Crippen LogP contribution in [0.25, 0.3) is 0 Å². The maximum Gasteiger partial charge on any atom is 0.228 e.